The molecular formula is C31H30N4O5. The molecule has 0 aliphatic carbocycles. The van der Waals surface area contributed by atoms with E-state index in [0.717, 1.165) is 33.6 Å². The summed E-state index contributed by atoms with van der Waals surface area (Å²) in [6.45, 7) is 0.130. The molecule has 0 bridgehead atoms. The highest BCUT2D eigenvalue weighted by Crippen LogP contribution is 2.42. The van der Waals surface area contributed by atoms with Gasteiger partial charge in [0.05, 0.1) is 32.3 Å². The summed E-state index contributed by atoms with van der Waals surface area (Å²) in [5.41, 5.74) is 2.33. The fourth-order valence-electron chi connectivity index (χ4n) is 5.25. The summed E-state index contributed by atoms with van der Waals surface area (Å²) in [5, 5.41) is 16.4. The lowest BCUT2D eigenvalue weighted by atomic mass is 9.80. The number of hydrogen-bond acceptors (Lipinski definition) is 8. The summed E-state index contributed by atoms with van der Waals surface area (Å²) in [6, 6.07) is 25.7. The molecule has 3 atom stereocenters. The lowest BCUT2D eigenvalue weighted by molar-refractivity contribution is -0.0955. The normalized spacial score (nSPS) is 19.1. The fraction of sp³-hybridized carbons (Fsp3) is 0.258. The number of hydrogen-bond donors (Lipinski definition) is 1. The molecule has 40 heavy (non-hydrogen) atoms. The average Bonchev–Trinajstić information content (AvgIpc) is 3.62. The minimum absolute atomic E-state index is 0.130. The Kier molecular flexibility index (Phi) is 7.17. The SMILES string of the molecule is COc1ccc(C(OC[C@H]2O[C@@H](n3cc4cncnc4n3)C[C@@H]2O)(c2ccccc2)c2ccc(OC)cc2)cc1. The first-order valence-electron chi connectivity index (χ1n) is 13.1. The zero-order valence-electron chi connectivity index (χ0n) is 22.3. The third-order valence-electron chi connectivity index (χ3n) is 7.34. The van der Waals surface area contributed by atoms with Crippen LogP contribution in [-0.2, 0) is 15.1 Å². The molecule has 9 heteroatoms. The number of benzene rings is 3. The molecule has 204 valence electrons. The van der Waals surface area contributed by atoms with E-state index in [9.17, 15) is 5.11 Å². The largest absolute Gasteiger partial charge is 0.497 e. The molecule has 1 aliphatic rings. The molecule has 9 nitrogen and oxygen atoms in total. The maximum atomic E-state index is 11.0. The number of aromatic nitrogens is 4. The molecule has 1 fully saturated rings. The van der Waals surface area contributed by atoms with E-state index in [1.54, 1.807) is 25.1 Å². The van der Waals surface area contributed by atoms with Crippen molar-refractivity contribution in [3.8, 4) is 11.5 Å². The van der Waals surface area contributed by atoms with E-state index >= 15 is 0 Å². The molecule has 5 aromatic rings. The second-order valence-corrected chi connectivity index (χ2v) is 9.66. The highest BCUT2D eigenvalue weighted by Gasteiger charge is 2.42. The standard InChI is InChI=1S/C31H30N4O5/c1-37-25-12-8-23(9-13-25)31(22-6-4-3-5-7-22,24-10-14-26(38-2)15-11-24)39-19-28-27(36)16-29(40-28)35-18-21-17-32-20-33-30(21)34-35/h3-15,17-18,20,27-29,36H,16,19H2,1-2H3/t27-,28+,29+/m0/s1. The van der Waals surface area contributed by atoms with Gasteiger partial charge in [-0.2, -0.15) is 0 Å². The molecule has 0 amide bonds. The van der Waals surface area contributed by atoms with Crippen LogP contribution >= 0.6 is 0 Å². The first kappa shape index (κ1) is 25.9. The fourth-order valence-corrected chi connectivity index (χ4v) is 5.25. The molecule has 1 saturated heterocycles. The van der Waals surface area contributed by atoms with Crippen LogP contribution in [0.3, 0.4) is 0 Å². The molecule has 3 heterocycles. The molecule has 3 aromatic carbocycles. The van der Waals surface area contributed by atoms with Gasteiger partial charge in [0.15, 0.2) is 11.9 Å². The third kappa shape index (κ3) is 4.79. The van der Waals surface area contributed by atoms with E-state index < -0.39 is 24.0 Å². The van der Waals surface area contributed by atoms with Crippen molar-refractivity contribution in [3.05, 3.63) is 114 Å². The topological polar surface area (TPSA) is 101 Å². The van der Waals surface area contributed by atoms with Crippen LogP contribution in [0.5, 0.6) is 11.5 Å². The molecule has 0 spiro atoms. The van der Waals surface area contributed by atoms with Gasteiger partial charge < -0.3 is 24.1 Å². The molecule has 6 rings (SSSR count). The van der Waals surface area contributed by atoms with Crippen LogP contribution in [0.1, 0.15) is 29.3 Å². The predicted octanol–water partition coefficient (Wildman–Crippen LogP) is 4.50. The number of aliphatic hydroxyl groups excluding tert-OH is 1. The maximum Gasteiger partial charge on any atom is 0.184 e. The summed E-state index contributed by atoms with van der Waals surface area (Å²) in [7, 11) is 3.29. The van der Waals surface area contributed by atoms with E-state index in [1.165, 1.54) is 6.33 Å². The van der Waals surface area contributed by atoms with Crippen molar-refractivity contribution in [1.82, 2.24) is 19.7 Å². The van der Waals surface area contributed by atoms with E-state index in [1.807, 2.05) is 85.1 Å². The zero-order chi connectivity index (χ0) is 27.5. The number of fused-ring (bicyclic) bond motifs is 1. The van der Waals surface area contributed by atoms with Crippen LogP contribution in [0, 0.1) is 0 Å². The van der Waals surface area contributed by atoms with Gasteiger partial charge in [0.1, 0.15) is 29.5 Å². The van der Waals surface area contributed by atoms with Crippen molar-refractivity contribution in [1.29, 1.82) is 0 Å². The lowest BCUT2D eigenvalue weighted by Gasteiger charge is -2.37. The molecule has 1 N–H and O–H groups in total. The number of aliphatic hydroxyl groups is 1. The zero-order valence-corrected chi connectivity index (χ0v) is 22.3. The molecule has 0 unspecified atom stereocenters. The Bertz CT molecular complexity index is 1480. The Labute approximate surface area is 231 Å². The van der Waals surface area contributed by atoms with Gasteiger partial charge in [0.25, 0.3) is 0 Å². The monoisotopic (exact) mass is 538 g/mol. The van der Waals surface area contributed by atoms with Gasteiger partial charge in [-0.3, -0.25) is 0 Å². The van der Waals surface area contributed by atoms with E-state index in [4.69, 9.17) is 18.9 Å². The van der Waals surface area contributed by atoms with Crippen molar-refractivity contribution in [2.75, 3.05) is 20.8 Å². The number of nitrogens with zero attached hydrogens (tertiary/aromatic N) is 4. The van der Waals surface area contributed by atoms with Crippen LogP contribution in [0.15, 0.2) is 97.6 Å². The average molecular weight is 539 g/mol. The molecule has 0 saturated carbocycles. The van der Waals surface area contributed by atoms with E-state index in [2.05, 4.69) is 15.1 Å². The Morgan fingerprint density at radius 2 is 1.52 bits per heavy atom. The highest BCUT2D eigenvalue weighted by atomic mass is 16.6. The van der Waals surface area contributed by atoms with Crippen LogP contribution in [-0.4, -0.2) is 57.9 Å². The van der Waals surface area contributed by atoms with Crippen molar-refractivity contribution in [2.45, 2.75) is 30.5 Å². The Morgan fingerprint density at radius 1 is 0.900 bits per heavy atom. The second kappa shape index (κ2) is 11.1. The quantitative estimate of drug-likeness (QED) is 0.274. The second-order valence-electron chi connectivity index (χ2n) is 9.66. The predicted molar refractivity (Wildman–Crippen MR) is 148 cm³/mol. The minimum atomic E-state index is -1.00. The van der Waals surface area contributed by atoms with Crippen LogP contribution < -0.4 is 9.47 Å². The Hall–Kier alpha value is -4.31. The van der Waals surface area contributed by atoms with Crippen molar-refractivity contribution >= 4 is 11.0 Å². The Morgan fingerprint density at radius 3 is 2.12 bits per heavy atom. The maximum absolute atomic E-state index is 11.0. The van der Waals surface area contributed by atoms with Gasteiger partial charge in [-0.05, 0) is 41.0 Å². The summed E-state index contributed by atoms with van der Waals surface area (Å²) in [4.78, 5) is 8.26. The first-order valence-corrected chi connectivity index (χ1v) is 13.1. The van der Waals surface area contributed by atoms with Gasteiger partial charge in [-0.1, -0.05) is 54.6 Å². The van der Waals surface area contributed by atoms with Crippen LogP contribution in [0.25, 0.3) is 11.0 Å². The number of ether oxygens (including phenoxy) is 4. The van der Waals surface area contributed by atoms with E-state index in [0.29, 0.717) is 12.1 Å². The highest BCUT2D eigenvalue weighted by molar-refractivity contribution is 5.72. The van der Waals surface area contributed by atoms with Gasteiger partial charge in [0.2, 0.25) is 0 Å². The number of rotatable bonds is 9. The number of methoxy groups -OCH3 is 2. The first-order chi connectivity index (χ1) is 19.6. The van der Waals surface area contributed by atoms with Crippen LogP contribution in [0.2, 0.25) is 0 Å². The van der Waals surface area contributed by atoms with Gasteiger partial charge in [0, 0.05) is 18.8 Å². The van der Waals surface area contributed by atoms with Gasteiger partial charge in [-0.15, -0.1) is 5.10 Å². The molecule has 0 radical (unpaired) electrons. The molecule has 1 aliphatic heterocycles. The smallest absolute Gasteiger partial charge is 0.184 e. The van der Waals surface area contributed by atoms with Gasteiger partial charge in [-0.25, -0.2) is 14.6 Å². The van der Waals surface area contributed by atoms with Crippen molar-refractivity contribution in [2.24, 2.45) is 0 Å². The molecular weight excluding hydrogens is 508 g/mol. The van der Waals surface area contributed by atoms with E-state index in [-0.39, 0.29) is 6.61 Å². The van der Waals surface area contributed by atoms with Crippen LogP contribution in [0.4, 0.5) is 0 Å². The van der Waals surface area contributed by atoms with Crippen molar-refractivity contribution < 1.29 is 24.1 Å². The summed E-state index contributed by atoms with van der Waals surface area (Å²) in [5.74, 6) is 1.49. The minimum Gasteiger partial charge on any atom is -0.497 e. The summed E-state index contributed by atoms with van der Waals surface area (Å²) < 4.78 is 25.8. The lowest BCUT2D eigenvalue weighted by Crippen LogP contribution is -2.38. The summed E-state index contributed by atoms with van der Waals surface area (Å²) in [6.07, 6.45) is 3.59. The summed E-state index contributed by atoms with van der Waals surface area (Å²) >= 11 is 0. The molecule has 2 aromatic heterocycles. The Balaban J connectivity index is 1.36. The third-order valence-corrected chi connectivity index (χ3v) is 7.34. The van der Waals surface area contributed by atoms with Crippen molar-refractivity contribution in [3.63, 3.8) is 0 Å². The van der Waals surface area contributed by atoms with Gasteiger partial charge >= 0.3 is 0 Å².